The van der Waals surface area contributed by atoms with Crippen molar-refractivity contribution in [3.8, 4) is 0 Å². The van der Waals surface area contributed by atoms with Crippen LogP contribution in [0, 0.1) is 6.92 Å². The zero-order valence-corrected chi connectivity index (χ0v) is 8.89. The van der Waals surface area contributed by atoms with Crippen LogP contribution in [0.2, 0.25) is 0 Å². The summed E-state index contributed by atoms with van der Waals surface area (Å²) in [7, 11) is -2.97. The van der Waals surface area contributed by atoms with Gasteiger partial charge >= 0.3 is 0 Å². The van der Waals surface area contributed by atoms with Crippen LogP contribution in [0.4, 0.5) is 0 Å². The second-order valence-corrected chi connectivity index (χ2v) is 5.34. The van der Waals surface area contributed by atoms with Crippen molar-refractivity contribution in [2.24, 2.45) is 0 Å². The molecule has 0 bridgehead atoms. The number of hydrogen-bond donors (Lipinski definition) is 0. The summed E-state index contributed by atoms with van der Waals surface area (Å²) < 4.78 is 23.8. The Balaban J connectivity index is 2.39. The fourth-order valence-electron chi connectivity index (χ4n) is 1.51. The van der Waals surface area contributed by atoms with Crippen LogP contribution in [0.25, 0.3) is 0 Å². The molecule has 0 atom stereocenters. The number of hydrogen-bond acceptors (Lipinski definition) is 3. The van der Waals surface area contributed by atoms with Gasteiger partial charge in [0.15, 0.2) is 0 Å². The molecule has 1 saturated heterocycles. The monoisotopic (exact) mass is 205 g/mol. The minimum atomic E-state index is -2.97. The average molecular weight is 205 g/mol. The maximum Gasteiger partial charge on any atom is 0.211 e. The van der Waals surface area contributed by atoms with Crippen molar-refractivity contribution in [1.29, 1.82) is 0 Å². The van der Waals surface area contributed by atoms with Crippen LogP contribution in [-0.4, -0.2) is 56.6 Å². The Morgan fingerprint density at radius 2 is 1.77 bits per heavy atom. The molecule has 5 heteroatoms. The van der Waals surface area contributed by atoms with Gasteiger partial charge in [-0.1, -0.05) is 6.92 Å². The zero-order valence-electron chi connectivity index (χ0n) is 8.07. The van der Waals surface area contributed by atoms with Crippen molar-refractivity contribution in [2.45, 2.75) is 6.42 Å². The highest BCUT2D eigenvalue weighted by Crippen LogP contribution is 2.05. The van der Waals surface area contributed by atoms with E-state index >= 15 is 0 Å². The third kappa shape index (κ3) is 3.25. The van der Waals surface area contributed by atoms with Crippen molar-refractivity contribution in [2.75, 3.05) is 39.0 Å². The van der Waals surface area contributed by atoms with E-state index in [1.165, 1.54) is 10.6 Å². The number of nitrogens with zero attached hydrogens (tertiary/aromatic N) is 2. The maximum absolute atomic E-state index is 11.1. The Morgan fingerprint density at radius 1 is 1.23 bits per heavy atom. The molecule has 1 rings (SSSR count). The standard InChI is InChI=1S/C8H17N2O2S/c1-3-4-9-5-7-10(8-6-9)13(2,11)12/h1,3-8H2,2H3. The predicted molar refractivity (Wildman–Crippen MR) is 52.8 cm³/mol. The van der Waals surface area contributed by atoms with E-state index in [1.54, 1.807) is 0 Å². The van der Waals surface area contributed by atoms with E-state index < -0.39 is 10.0 Å². The first-order valence-electron chi connectivity index (χ1n) is 4.51. The third-order valence-electron chi connectivity index (χ3n) is 2.27. The topological polar surface area (TPSA) is 40.6 Å². The van der Waals surface area contributed by atoms with Gasteiger partial charge in [0.25, 0.3) is 0 Å². The Labute approximate surface area is 80.6 Å². The van der Waals surface area contributed by atoms with Gasteiger partial charge in [0.1, 0.15) is 0 Å². The van der Waals surface area contributed by atoms with E-state index in [0.717, 1.165) is 26.1 Å². The van der Waals surface area contributed by atoms with Crippen LogP contribution in [0.5, 0.6) is 0 Å². The Morgan fingerprint density at radius 3 is 2.15 bits per heavy atom. The summed E-state index contributed by atoms with van der Waals surface area (Å²) in [5.74, 6) is 0. The lowest BCUT2D eigenvalue weighted by molar-refractivity contribution is 0.191. The van der Waals surface area contributed by atoms with Gasteiger partial charge in [0.2, 0.25) is 10.0 Å². The molecule has 0 aromatic heterocycles. The summed E-state index contributed by atoms with van der Waals surface area (Å²) in [4.78, 5) is 2.24. The van der Waals surface area contributed by atoms with Crippen LogP contribution in [0.1, 0.15) is 6.42 Å². The lowest BCUT2D eigenvalue weighted by atomic mass is 10.3. The number of rotatable bonds is 3. The van der Waals surface area contributed by atoms with E-state index in [9.17, 15) is 8.42 Å². The molecule has 0 N–H and O–H groups in total. The van der Waals surface area contributed by atoms with Gasteiger partial charge in [0, 0.05) is 26.2 Å². The quantitative estimate of drug-likeness (QED) is 0.640. The van der Waals surface area contributed by atoms with Gasteiger partial charge in [-0.3, -0.25) is 0 Å². The fraction of sp³-hybridized carbons (Fsp3) is 0.875. The van der Waals surface area contributed by atoms with Gasteiger partial charge < -0.3 is 4.90 Å². The molecule has 1 fully saturated rings. The molecule has 1 heterocycles. The first-order chi connectivity index (χ1) is 6.04. The van der Waals surface area contributed by atoms with Gasteiger partial charge in [-0.05, 0) is 13.0 Å². The van der Waals surface area contributed by atoms with Gasteiger partial charge in [-0.15, -0.1) is 0 Å². The SMILES string of the molecule is [CH2]CCN1CCN(S(C)(=O)=O)CC1. The molecule has 77 valence electrons. The molecular formula is C8H17N2O2S. The van der Waals surface area contributed by atoms with Crippen molar-refractivity contribution < 1.29 is 8.42 Å². The average Bonchev–Trinajstić information content (AvgIpc) is 2.04. The van der Waals surface area contributed by atoms with Crippen molar-refractivity contribution in [3.63, 3.8) is 0 Å². The Bertz CT molecular complexity index is 243. The summed E-state index contributed by atoms with van der Waals surface area (Å²) >= 11 is 0. The summed E-state index contributed by atoms with van der Waals surface area (Å²) in [6.45, 7) is 7.66. The molecular weight excluding hydrogens is 188 g/mol. The molecule has 0 spiro atoms. The summed E-state index contributed by atoms with van der Waals surface area (Å²) in [5, 5.41) is 0. The van der Waals surface area contributed by atoms with Crippen LogP contribution < -0.4 is 0 Å². The van der Waals surface area contributed by atoms with Crippen molar-refractivity contribution in [1.82, 2.24) is 9.21 Å². The lowest BCUT2D eigenvalue weighted by Crippen LogP contribution is -2.48. The largest absolute Gasteiger partial charge is 0.301 e. The number of sulfonamides is 1. The van der Waals surface area contributed by atoms with Crippen molar-refractivity contribution in [3.05, 3.63) is 6.92 Å². The van der Waals surface area contributed by atoms with E-state index in [1.807, 2.05) is 0 Å². The summed E-state index contributed by atoms with van der Waals surface area (Å²) in [5.41, 5.74) is 0. The van der Waals surface area contributed by atoms with E-state index in [2.05, 4.69) is 11.8 Å². The molecule has 1 aliphatic heterocycles. The van der Waals surface area contributed by atoms with E-state index in [-0.39, 0.29) is 0 Å². The minimum absolute atomic E-state index is 0.624. The molecule has 0 saturated carbocycles. The highest BCUT2D eigenvalue weighted by molar-refractivity contribution is 7.88. The van der Waals surface area contributed by atoms with Gasteiger partial charge in [0.05, 0.1) is 6.26 Å². The molecule has 0 aliphatic carbocycles. The second-order valence-electron chi connectivity index (χ2n) is 3.36. The molecule has 0 amide bonds. The normalized spacial score (nSPS) is 22.0. The predicted octanol–water partition coefficient (Wildman–Crippen LogP) is -0.212. The highest BCUT2D eigenvalue weighted by atomic mass is 32.2. The van der Waals surface area contributed by atoms with E-state index in [0.29, 0.717) is 13.1 Å². The van der Waals surface area contributed by atoms with Gasteiger partial charge in [-0.2, -0.15) is 4.31 Å². The van der Waals surface area contributed by atoms with Crippen LogP contribution in [-0.2, 0) is 10.0 Å². The maximum atomic E-state index is 11.1. The van der Waals surface area contributed by atoms with Gasteiger partial charge in [-0.25, -0.2) is 8.42 Å². The van der Waals surface area contributed by atoms with Crippen LogP contribution >= 0.6 is 0 Å². The molecule has 0 aromatic rings. The van der Waals surface area contributed by atoms with Crippen LogP contribution in [0.15, 0.2) is 0 Å². The molecule has 13 heavy (non-hydrogen) atoms. The third-order valence-corrected chi connectivity index (χ3v) is 3.58. The van der Waals surface area contributed by atoms with E-state index in [4.69, 9.17) is 0 Å². The lowest BCUT2D eigenvalue weighted by Gasteiger charge is -2.32. The second kappa shape index (κ2) is 4.39. The molecule has 1 aliphatic rings. The zero-order chi connectivity index (χ0) is 9.90. The molecule has 1 radical (unpaired) electrons. The highest BCUT2D eigenvalue weighted by Gasteiger charge is 2.22. The Hall–Kier alpha value is -0.130. The first-order valence-corrected chi connectivity index (χ1v) is 6.35. The smallest absolute Gasteiger partial charge is 0.211 e. The van der Waals surface area contributed by atoms with Crippen LogP contribution in [0.3, 0.4) is 0 Å². The molecule has 0 aromatic carbocycles. The Kier molecular flexibility index (Phi) is 3.70. The first kappa shape index (κ1) is 10.9. The summed E-state index contributed by atoms with van der Waals surface area (Å²) in [6, 6.07) is 0. The fourth-order valence-corrected chi connectivity index (χ4v) is 2.33. The molecule has 0 unspecified atom stereocenters. The number of piperazine rings is 1. The summed E-state index contributed by atoms with van der Waals surface area (Å²) in [6.07, 6.45) is 2.16. The minimum Gasteiger partial charge on any atom is -0.301 e. The van der Waals surface area contributed by atoms with Crippen molar-refractivity contribution >= 4 is 10.0 Å². The molecule has 4 nitrogen and oxygen atoms in total.